The molecule has 1 aliphatic heterocycles. The summed E-state index contributed by atoms with van der Waals surface area (Å²) in [4.78, 5) is 30.8. The highest BCUT2D eigenvalue weighted by Crippen LogP contribution is 2.38. The topological polar surface area (TPSA) is 62.3 Å². The van der Waals surface area contributed by atoms with Gasteiger partial charge in [-0.1, -0.05) is 28.1 Å². The van der Waals surface area contributed by atoms with Crippen LogP contribution in [0.3, 0.4) is 0 Å². The number of rotatable bonds is 4. The largest absolute Gasteiger partial charge is 0.318 e. The molecule has 0 aliphatic carbocycles. The zero-order valence-corrected chi connectivity index (χ0v) is 17.3. The van der Waals surface area contributed by atoms with Gasteiger partial charge in [-0.2, -0.15) is 0 Å². The second kappa shape index (κ2) is 7.09. The Balaban J connectivity index is 1.78. The van der Waals surface area contributed by atoms with Gasteiger partial charge in [0, 0.05) is 20.7 Å². The number of benzene rings is 1. The molecule has 1 atom stereocenters. The van der Waals surface area contributed by atoms with E-state index in [1.165, 1.54) is 11.3 Å². The van der Waals surface area contributed by atoms with Crippen molar-refractivity contribution >= 4 is 56.5 Å². The van der Waals surface area contributed by atoms with Gasteiger partial charge >= 0.3 is 0 Å². The number of thioether (sulfide) groups is 1. The zero-order chi connectivity index (χ0) is 18.2. The molecule has 0 bridgehead atoms. The molecule has 132 valence electrons. The minimum atomic E-state index is -0.474. The minimum Gasteiger partial charge on any atom is -0.318 e. The van der Waals surface area contributed by atoms with E-state index in [1.54, 1.807) is 16.7 Å². The number of thiazole rings is 1. The molecule has 0 radical (unpaired) electrons. The lowest BCUT2D eigenvalue weighted by atomic mass is 10.1. The Labute approximate surface area is 163 Å². The summed E-state index contributed by atoms with van der Waals surface area (Å²) in [6, 6.07) is 7.43. The Morgan fingerprint density at radius 1 is 1.40 bits per heavy atom. The van der Waals surface area contributed by atoms with Crippen molar-refractivity contribution in [2.24, 2.45) is 0 Å². The van der Waals surface area contributed by atoms with Crippen LogP contribution in [0.15, 0.2) is 28.7 Å². The molecule has 2 amide bonds. The number of nitrogens with zero attached hydrogens (tertiary/aromatic N) is 2. The Hall–Kier alpha value is -1.38. The molecule has 0 saturated carbocycles. The first-order valence-corrected chi connectivity index (χ1v) is 10.3. The Bertz CT molecular complexity index is 805. The molecule has 5 nitrogen and oxygen atoms in total. The van der Waals surface area contributed by atoms with E-state index in [0.29, 0.717) is 10.9 Å². The first-order chi connectivity index (χ1) is 11.8. The Morgan fingerprint density at radius 3 is 2.72 bits per heavy atom. The maximum absolute atomic E-state index is 12.6. The second-order valence-corrected chi connectivity index (χ2v) is 9.95. The molecule has 2 aromatic rings. The number of hydrogen-bond acceptors (Lipinski definition) is 5. The summed E-state index contributed by atoms with van der Waals surface area (Å²) in [5, 5.41) is 3.43. The van der Waals surface area contributed by atoms with Crippen LogP contribution in [0.25, 0.3) is 11.3 Å². The first kappa shape index (κ1) is 18.4. The number of carbonyl (C=O) groups is 2. The number of amides is 2. The molecular weight excluding hydrogens is 422 g/mol. The monoisotopic (exact) mass is 439 g/mol. The molecule has 1 aromatic carbocycles. The van der Waals surface area contributed by atoms with Crippen molar-refractivity contribution in [3.05, 3.63) is 33.6 Å². The lowest BCUT2D eigenvalue weighted by Gasteiger charge is -2.29. The van der Waals surface area contributed by atoms with Gasteiger partial charge in [-0.15, -0.1) is 23.1 Å². The third-order valence-electron chi connectivity index (χ3n) is 4.11. The number of hydrogen-bond donors (Lipinski definition) is 1. The van der Waals surface area contributed by atoms with Crippen LogP contribution in [-0.4, -0.2) is 38.9 Å². The van der Waals surface area contributed by atoms with E-state index in [1.807, 2.05) is 45.0 Å². The molecule has 1 aliphatic rings. The van der Waals surface area contributed by atoms with Crippen LogP contribution in [0.1, 0.15) is 18.7 Å². The van der Waals surface area contributed by atoms with Gasteiger partial charge in [-0.05, 0) is 32.9 Å². The predicted octanol–water partition coefficient (Wildman–Crippen LogP) is 4.13. The SMILES string of the molecule is Cc1sc(NC(=O)C2CSC(C)(C)N2C=O)nc1-c1ccc(Br)cc1. The zero-order valence-electron chi connectivity index (χ0n) is 14.1. The number of aromatic nitrogens is 1. The molecule has 1 aromatic heterocycles. The van der Waals surface area contributed by atoms with Crippen LogP contribution in [0.2, 0.25) is 0 Å². The summed E-state index contributed by atoms with van der Waals surface area (Å²) in [6.07, 6.45) is 0.755. The second-order valence-electron chi connectivity index (χ2n) is 6.21. The summed E-state index contributed by atoms with van der Waals surface area (Å²) in [7, 11) is 0. The van der Waals surface area contributed by atoms with Crippen LogP contribution in [0.4, 0.5) is 5.13 Å². The fourth-order valence-corrected chi connectivity index (χ4v) is 5.03. The average Bonchev–Trinajstić information content (AvgIpc) is 3.07. The number of halogens is 1. The van der Waals surface area contributed by atoms with Gasteiger partial charge in [0.1, 0.15) is 6.04 Å². The highest BCUT2D eigenvalue weighted by Gasteiger charge is 2.43. The number of anilines is 1. The predicted molar refractivity (Wildman–Crippen MR) is 107 cm³/mol. The number of carbonyl (C=O) groups excluding carboxylic acids is 2. The van der Waals surface area contributed by atoms with Crippen LogP contribution < -0.4 is 5.32 Å². The normalized spacial score (nSPS) is 19.0. The van der Waals surface area contributed by atoms with Crippen LogP contribution in [-0.2, 0) is 9.59 Å². The molecule has 25 heavy (non-hydrogen) atoms. The van der Waals surface area contributed by atoms with Gasteiger partial charge in [-0.3, -0.25) is 9.59 Å². The van der Waals surface area contributed by atoms with Crippen LogP contribution in [0.5, 0.6) is 0 Å². The first-order valence-electron chi connectivity index (χ1n) is 7.74. The van der Waals surface area contributed by atoms with Gasteiger partial charge in [0.25, 0.3) is 0 Å². The molecule has 8 heteroatoms. The van der Waals surface area contributed by atoms with E-state index < -0.39 is 6.04 Å². The summed E-state index contributed by atoms with van der Waals surface area (Å²) in [6.45, 7) is 5.87. The van der Waals surface area contributed by atoms with E-state index in [4.69, 9.17) is 0 Å². The summed E-state index contributed by atoms with van der Waals surface area (Å²) in [5.41, 5.74) is 1.87. The number of aryl methyl sites for hydroxylation is 1. The third-order valence-corrected chi connectivity index (χ3v) is 6.93. The van der Waals surface area contributed by atoms with E-state index in [0.717, 1.165) is 27.0 Å². The van der Waals surface area contributed by atoms with Crippen molar-refractivity contribution in [1.29, 1.82) is 0 Å². The fraction of sp³-hybridized carbons (Fsp3) is 0.353. The molecule has 2 heterocycles. The van der Waals surface area contributed by atoms with Crippen molar-refractivity contribution in [3.63, 3.8) is 0 Å². The Morgan fingerprint density at radius 2 is 2.08 bits per heavy atom. The lowest BCUT2D eigenvalue weighted by molar-refractivity contribution is -0.130. The van der Waals surface area contributed by atoms with Crippen molar-refractivity contribution in [1.82, 2.24) is 9.88 Å². The van der Waals surface area contributed by atoms with Crippen molar-refractivity contribution in [3.8, 4) is 11.3 Å². The summed E-state index contributed by atoms with van der Waals surface area (Å²) in [5.74, 6) is 0.392. The summed E-state index contributed by atoms with van der Waals surface area (Å²) >= 11 is 6.46. The van der Waals surface area contributed by atoms with E-state index >= 15 is 0 Å². The van der Waals surface area contributed by atoms with Gasteiger partial charge < -0.3 is 10.2 Å². The van der Waals surface area contributed by atoms with E-state index in [9.17, 15) is 9.59 Å². The molecule has 3 rings (SSSR count). The van der Waals surface area contributed by atoms with Crippen molar-refractivity contribution in [2.75, 3.05) is 11.1 Å². The van der Waals surface area contributed by atoms with Gasteiger partial charge in [0.2, 0.25) is 12.3 Å². The van der Waals surface area contributed by atoms with Gasteiger partial charge in [-0.25, -0.2) is 4.98 Å². The van der Waals surface area contributed by atoms with Crippen LogP contribution in [0, 0.1) is 6.92 Å². The summed E-state index contributed by atoms with van der Waals surface area (Å²) < 4.78 is 1.01. The van der Waals surface area contributed by atoms with Crippen molar-refractivity contribution in [2.45, 2.75) is 31.7 Å². The molecule has 1 saturated heterocycles. The molecular formula is C17H18BrN3O2S2. The molecule has 1 N–H and O–H groups in total. The fourth-order valence-electron chi connectivity index (χ4n) is 2.73. The van der Waals surface area contributed by atoms with Gasteiger partial charge in [0.15, 0.2) is 5.13 Å². The highest BCUT2D eigenvalue weighted by molar-refractivity contribution is 9.10. The Kier molecular flexibility index (Phi) is 5.22. The van der Waals surface area contributed by atoms with Crippen molar-refractivity contribution < 1.29 is 9.59 Å². The standard InChI is InChI=1S/C17H18BrN3O2S2/c1-10-14(11-4-6-12(18)7-5-11)19-16(25-10)20-15(23)13-8-24-17(2,3)21(13)9-22/h4-7,9,13H,8H2,1-3H3,(H,19,20,23). The highest BCUT2D eigenvalue weighted by atomic mass is 79.9. The molecule has 1 unspecified atom stereocenters. The minimum absolute atomic E-state index is 0.193. The van der Waals surface area contributed by atoms with Crippen LogP contribution >= 0.6 is 39.0 Å². The van der Waals surface area contributed by atoms with E-state index in [2.05, 4.69) is 26.2 Å². The molecule has 1 fully saturated rings. The quantitative estimate of drug-likeness (QED) is 0.727. The smallest absolute Gasteiger partial charge is 0.249 e. The van der Waals surface area contributed by atoms with E-state index in [-0.39, 0.29) is 10.8 Å². The third kappa shape index (κ3) is 3.75. The number of nitrogens with one attached hydrogen (secondary N) is 1. The maximum Gasteiger partial charge on any atom is 0.249 e. The average molecular weight is 440 g/mol. The van der Waals surface area contributed by atoms with Gasteiger partial charge in [0.05, 0.1) is 10.6 Å². The maximum atomic E-state index is 12.6. The lowest BCUT2D eigenvalue weighted by Crippen LogP contribution is -2.47. The molecule has 0 spiro atoms.